The van der Waals surface area contributed by atoms with Crippen LogP contribution in [0.4, 0.5) is 0 Å². The first-order valence-corrected chi connectivity index (χ1v) is 18.2. The van der Waals surface area contributed by atoms with Gasteiger partial charge >= 0.3 is 0 Å². The van der Waals surface area contributed by atoms with Crippen LogP contribution in [-0.2, 0) is 4.43 Å². The molecule has 0 saturated heterocycles. The molecule has 5 nitrogen and oxygen atoms in total. The van der Waals surface area contributed by atoms with E-state index in [-0.39, 0.29) is 22.0 Å². The number of azide groups is 1. The summed E-state index contributed by atoms with van der Waals surface area (Å²) in [7, 11) is -2.61. The van der Waals surface area contributed by atoms with Crippen LogP contribution in [-0.4, -0.2) is 31.7 Å². The summed E-state index contributed by atoms with van der Waals surface area (Å²) in [6.07, 6.45) is 7.43. The molecular formula is C36H53N3O2Si. The molecule has 3 saturated carbocycles. The first kappa shape index (κ1) is 31.3. The van der Waals surface area contributed by atoms with Crippen molar-refractivity contribution in [3.63, 3.8) is 0 Å². The van der Waals surface area contributed by atoms with Crippen molar-refractivity contribution < 1.29 is 9.53 Å². The standard InChI is InChI=1S/C36H53N3O2Si/c1-26-24-27(41-42(33(2,3)4,28-14-10-8-11-15-28)29-16-12-9-13-17-29)18-21-34(26,5)31-19-22-35(6)32(20-23-36(35,7)40)30(31)25-38-39-37/h8-17,26-27,30-32,40H,18-25H2,1-7H3/t26-,27-,30+,31-,32-,34+,35-,36-/m0/s1. The van der Waals surface area contributed by atoms with Crippen LogP contribution in [0.25, 0.3) is 10.4 Å². The van der Waals surface area contributed by atoms with Crippen LogP contribution in [0, 0.1) is 34.5 Å². The first-order chi connectivity index (χ1) is 19.8. The van der Waals surface area contributed by atoms with E-state index >= 15 is 0 Å². The number of fused-ring (bicyclic) bond motifs is 1. The normalized spacial score (nSPS) is 37.1. The molecule has 0 aliphatic heterocycles. The Morgan fingerprint density at radius 1 is 0.905 bits per heavy atom. The van der Waals surface area contributed by atoms with Crippen molar-refractivity contribution in [2.75, 3.05) is 6.54 Å². The van der Waals surface area contributed by atoms with Crippen LogP contribution in [0.5, 0.6) is 0 Å². The minimum absolute atomic E-state index is 0.0344. The van der Waals surface area contributed by atoms with Gasteiger partial charge in [-0.15, -0.1) is 0 Å². The van der Waals surface area contributed by atoms with Gasteiger partial charge in [-0.05, 0) is 107 Å². The molecule has 3 aliphatic rings. The Hall–Kier alpha value is -2.11. The van der Waals surface area contributed by atoms with Crippen molar-refractivity contribution in [1.29, 1.82) is 0 Å². The van der Waals surface area contributed by atoms with E-state index in [2.05, 4.69) is 112 Å². The maximum atomic E-state index is 11.4. The summed E-state index contributed by atoms with van der Waals surface area (Å²) in [5, 5.41) is 18.2. The number of rotatable bonds is 7. The van der Waals surface area contributed by atoms with Crippen molar-refractivity contribution in [2.45, 2.75) is 110 Å². The Morgan fingerprint density at radius 2 is 1.48 bits per heavy atom. The molecule has 3 fully saturated rings. The van der Waals surface area contributed by atoms with Crippen molar-refractivity contribution >= 4 is 18.7 Å². The molecule has 6 heteroatoms. The van der Waals surface area contributed by atoms with Gasteiger partial charge in [0.15, 0.2) is 0 Å². The summed E-state index contributed by atoms with van der Waals surface area (Å²) in [6, 6.07) is 22.0. The van der Waals surface area contributed by atoms with Crippen LogP contribution in [0.2, 0.25) is 5.04 Å². The summed E-state index contributed by atoms with van der Waals surface area (Å²) in [6.45, 7) is 16.9. The lowest BCUT2D eigenvalue weighted by molar-refractivity contribution is -0.127. The predicted molar refractivity (Wildman–Crippen MR) is 175 cm³/mol. The Morgan fingerprint density at radius 3 is 2.00 bits per heavy atom. The first-order valence-electron chi connectivity index (χ1n) is 16.3. The molecule has 1 N–H and O–H groups in total. The van der Waals surface area contributed by atoms with Crippen molar-refractivity contribution in [3.05, 3.63) is 71.1 Å². The van der Waals surface area contributed by atoms with Crippen LogP contribution in [0.1, 0.15) is 93.4 Å². The molecule has 0 heterocycles. The molecule has 0 aromatic heterocycles. The molecule has 228 valence electrons. The summed E-state index contributed by atoms with van der Waals surface area (Å²) in [4.78, 5) is 3.20. The molecule has 0 unspecified atom stereocenters. The van der Waals surface area contributed by atoms with Gasteiger partial charge in [-0.2, -0.15) is 0 Å². The summed E-state index contributed by atoms with van der Waals surface area (Å²) < 4.78 is 7.61. The molecule has 0 amide bonds. The monoisotopic (exact) mass is 587 g/mol. The SMILES string of the molecule is C[C@H]1C[C@@H](O[Si](c2ccccc2)(c2ccccc2)C(C)(C)C)CC[C@@]1(C)[C@H]1CC[C@@]2(C)[C@@H](CC[C@]2(C)O)[C@@H]1CN=[N+]=[N-]. The lowest BCUT2D eigenvalue weighted by Gasteiger charge is -2.58. The molecule has 2 aromatic carbocycles. The van der Waals surface area contributed by atoms with Crippen LogP contribution >= 0.6 is 0 Å². The van der Waals surface area contributed by atoms with E-state index in [4.69, 9.17) is 4.43 Å². The maximum Gasteiger partial charge on any atom is 0.261 e. The summed E-state index contributed by atoms with van der Waals surface area (Å²) in [5.41, 5.74) is 8.70. The average Bonchev–Trinajstić information content (AvgIpc) is 3.21. The number of benzene rings is 2. The molecule has 0 spiro atoms. The Kier molecular flexibility index (Phi) is 8.52. The highest BCUT2D eigenvalue weighted by atomic mass is 28.4. The third kappa shape index (κ3) is 5.06. The topological polar surface area (TPSA) is 78.2 Å². The van der Waals surface area contributed by atoms with Gasteiger partial charge < -0.3 is 9.53 Å². The smallest absolute Gasteiger partial charge is 0.261 e. The molecule has 42 heavy (non-hydrogen) atoms. The van der Waals surface area contributed by atoms with E-state index in [0.29, 0.717) is 30.2 Å². The largest absolute Gasteiger partial charge is 0.404 e. The molecule has 2 aromatic rings. The van der Waals surface area contributed by atoms with Gasteiger partial charge in [-0.1, -0.05) is 107 Å². The fourth-order valence-electron chi connectivity index (χ4n) is 9.83. The fraction of sp³-hybridized carbons (Fsp3) is 0.667. The van der Waals surface area contributed by atoms with Gasteiger partial charge in [0.25, 0.3) is 8.32 Å². The Labute approximate surface area is 255 Å². The Balaban J connectivity index is 1.44. The second-order valence-electron chi connectivity index (χ2n) is 15.6. The molecular weight excluding hydrogens is 535 g/mol. The lowest BCUT2D eigenvalue weighted by Crippen LogP contribution is -2.68. The zero-order valence-corrected chi connectivity index (χ0v) is 28.0. The van der Waals surface area contributed by atoms with E-state index in [1.54, 1.807) is 0 Å². The number of hydrogen-bond acceptors (Lipinski definition) is 3. The number of nitrogens with zero attached hydrogens (tertiary/aromatic N) is 3. The van der Waals surface area contributed by atoms with Crippen LogP contribution < -0.4 is 10.4 Å². The maximum absolute atomic E-state index is 11.4. The summed E-state index contributed by atoms with van der Waals surface area (Å²) >= 11 is 0. The molecule has 0 bridgehead atoms. The lowest BCUT2D eigenvalue weighted by atomic mass is 9.48. The number of hydrogen-bond donors (Lipinski definition) is 1. The second-order valence-corrected chi connectivity index (χ2v) is 19.9. The quantitative estimate of drug-likeness (QED) is 0.153. The highest BCUT2D eigenvalue weighted by Crippen LogP contribution is 2.65. The minimum atomic E-state index is -2.61. The molecule has 3 aliphatic carbocycles. The predicted octanol–water partition coefficient (Wildman–Crippen LogP) is 8.26. The van der Waals surface area contributed by atoms with Crippen LogP contribution in [0.15, 0.2) is 65.8 Å². The summed E-state index contributed by atoms with van der Waals surface area (Å²) in [5.74, 6) is 1.68. The highest BCUT2D eigenvalue weighted by Gasteiger charge is 2.62. The average molecular weight is 588 g/mol. The van der Waals surface area contributed by atoms with E-state index < -0.39 is 13.9 Å². The van der Waals surface area contributed by atoms with Gasteiger partial charge in [0.1, 0.15) is 0 Å². The third-order valence-electron chi connectivity index (χ3n) is 12.7. The number of aliphatic hydroxyl groups is 1. The highest BCUT2D eigenvalue weighted by molar-refractivity contribution is 6.99. The third-order valence-corrected chi connectivity index (χ3v) is 17.8. The van der Waals surface area contributed by atoms with Gasteiger partial charge in [-0.3, -0.25) is 0 Å². The zero-order chi connectivity index (χ0) is 30.4. The molecule has 5 rings (SSSR count). The van der Waals surface area contributed by atoms with Crippen molar-refractivity contribution in [3.8, 4) is 0 Å². The van der Waals surface area contributed by atoms with E-state index in [1.165, 1.54) is 10.4 Å². The van der Waals surface area contributed by atoms with Crippen LogP contribution in [0.3, 0.4) is 0 Å². The second kappa shape index (κ2) is 11.4. The van der Waals surface area contributed by atoms with E-state index in [1.807, 2.05) is 6.92 Å². The van der Waals surface area contributed by atoms with E-state index in [9.17, 15) is 10.6 Å². The van der Waals surface area contributed by atoms with Gasteiger partial charge in [-0.25, -0.2) is 0 Å². The van der Waals surface area contributed by atoms with E-state index in [0.717, 1.165) is 44.9 Å². The Bertz CT molecular complexity index is 1230. The molecule has 8 atom stereocenters. The molecule has 0 radical (unpaired) electrons. The van der Waals surface area contributed by atoms with Gasteiger partial charge in [0.2, 0.25) is 0 Å². The zero-order valence-electron chi connectivity index (χ0n) is 27.0. The fourth-order valence-corrected chi connectivity index (χ4v) is 14.6. The van der Waals surface area contributed by atoms with Gasteiger partial charge in [0, 0.05) is 17.6 Å². The minimum Gasteiger partial charge on any atom is -0.404 e. The van der Waals surface area contributed by atoms with Crippen molar-refractivity contribution in [2.24, 2.45) is 39.6 Å². The van der Waals surface area contributed by atoms with Gasteiger partial charge in [0.05, 0.1) is 5.60 Å². The van der Waals surface area contributed by atoms with Crippen molar-refractivity contribution in [1.82, 2.24) is 0 Å².